The molecule has 2 fully saturated rings. The quantitative estimate of drug-likeness (QED) is 0.344. The van der Waals surface area contributed by atoms with Gasteiger partial charge in [0.2, 0.25) is 25.7 Å². The van der Waals surface area contributed by atoms with Gasteiger partial charge in [-0.3, -0.25) is 0 Å². The average molecular weight is 591 g/mol. The summed E-state index contributed by atoms with van der Waals surface area (Å²) < 4.78 is 9.64. The van der Waals surface area contributed by atoms with Crippen molar-refractivity contribution in [2.45, 2.75) is 51.4 Å². The van der Waals surface area contributed by atoms with Crippen LogP contribution in [0.1, 0.15) is 51.4 Å². The van der Waals surface area contributed by atoms with Gasteiger partial charge in [-0.15, -0.1) is 0 Å². The predicted octanol–water partition coefficient (Wildman–Crippen LogP) is 5.49. The first-order valence-corrected chi connectivity index (χ1v) is 7.87. The molecule has 0 aromatic rings. The minimum Gasteiger partial charge on any atom is -0.552 e. The van der Waals surface area contributed by atoms with Crippen LogP contribution in [0.5, 0.6) is 0 Å². The standard InChI is InChI=1S/2C4H7O.4C3H6.6CH3.2Co.4H2O/c2*1-2-4-5-3-1;4*1-3-2;;;;;;;;;;;;/h2*3H,1-2,4H2;4*1-3H2;6*1H3;;;4*1H2/q2*-1;4*+2;6*-1;;+2;;;;. The maximum atomic E-state index is 4.82. The second kappa shape index (κ2) is 175. The third kappa shape index (κ3) is 316. The van der Waals surface area contributed by atoms with Crippen molar-refractivity contribution < 1.29 is 64.9 Å². The van der Waals surface area contributed by atoms with Crippen LogP contribution in [0.4, 0.5) is 0 Å². The van der Waals surface area contributed by atoms with Crippen LogP contribution < -0.4 is 0 Å². The zero-order chi connectivity index (χ0) is 17.9. The molecule has 0 unspecified atom stereocenters. The van der Waals surface area contributed by atoms with Gasteiger partial charge in [-0.25, -0.2) is 13.2 Å². The summed E-state index contributed by atoms with van der Waals surface area (Å²) in [5.74, 6) is 0. The molecule has 0 aromatic heterocycles. The largest absolute Gasteiger partial charge is 2.00 e. The number of hydrogen-bond acceptors (Lipinski definition) is 2. The van der Waals surface area contributed by atoms with E-state index < -0.39 is 0 Å². The molecule has 0 bridgehead atoms. The van der Waals surface area contributed by atoms with E-state index in [1.165, 1.54) is 12.8 Å². The average Bonchev–Trinajstić information content (AvgIpc) is 3.21. The van der Waals surface area contributed by atoms with Crippen molar-refractivity contribution >= 4 is 0 Å². The van der Waals surface area contributed by atoms with Crippen LogP contribution in [0, 0.1) is 113 Å². The third-order valence-electron chi connectivity index (χ3n) is 1.40. The number of ether oxygens (including phenoxy) is 2. The molecule has 0 aromatic carbocycles. The summed E-state index contributed by atoms with van der Waals surface area (Å²) in [6.45, 7) is 32.6. The summed E-state index contributed by atoms with van der Waals surface area (Å²) in [6, 6.07) is 0. The summed E-state index contributed by atoms with van der Waals surface area (Å²) in [6.07, 6.45) is 7.75. The van der Waals surface area contributed by atoms with Gasteiger partial charge in [-0.05, 0) is 0 Å². The van der Waals surface area contributed by atoms with E-state index in [1.807, 2.05) is 13.2 Å². The molecule has 220 valence electrons. The van der Waals surface area contributed by atoms with Crippen LogP contribution in [-0.4, -0.2) is 35.1 Å². The van der Waals surface area contributed by atoms with Gasteiger partial charge in [0.15, 0.2) is 0 Å². The van der Waals surface area contributed by atoms with Crippen molar-refractivity contribution in [3.8, 4) is 0 Å². The van der Waals surface area contributed by atoms with E-state index in [9.17, 15) is 0 Å². The molecule has 8 N–H and O–H groups in total. The molecular weight excluding hydrogens is 526 g/mol. The Morgan fingerprint density at radius 2 is 0.618 bits per heavy atom. The molecule has 2 aliphatic rings. The minimum absolute atomic E-state index is 0. The van der Waals surface area contributed by atoms with Gasteiger partial charge in [-0.1, -0.05) is 12.8 Å². The molecule has 2 aliphatic heterocycles. The third-order valence-corrected chi connectivity index (χ3v) is 1.40. The van der Waals surface area contributed by atoms with E-state index in [2.05, 4.69) is 55.4 Å². The van der Waals surface area contributed by atoms with Crippen LogP contribution in [0.15, 0.2) is 0 Å². The fourth-order valence-corrected chi connectivity index (χ4v) is 0.833. The molecule has 6 nitrogen and oxygen atoms in total. The summed E-state index contributed by atoms with van der Waals surface area (Å²) in [5.41, 5.74) is 0. The molecule has 2 saturated heterocycles. The van der Waals surface area contributed by atoms with E-state index >= 15 is 0 Å². The molecule has 0 atom stereocenters. The normalized spacial score (nSPS) is 8.94. The van der Waals surface area contributed by atoms with Gasteiger partial charge < -0.3 is 75.9 Å². The van der Waals surface area contributed by atoms with Crippen LogP contribution >= 0.6 is 0 Å². The Bertz CT molecular complexity index is 98.6. The fraction of sp³-hybridized carbons (Fsp3) is 0.385. The van der Waals surface area contributed by atoms with Gasteiger partial charge in [0.05, 0.1) is 0 Å². The first-order valence-electron chi connectivity index (χ1n) is 7.87. The van der Waals surface area contributed by atoms with Crippen LogP contribution in [0.25, 0.3) is 0 Å². The topological polar surface area (TPSA) is 144 Å². The van der Waals surface area contributed by atoms with Crippen LogP contribution in [0.3, 0.4) is 0 Å². The number of hydrogen-bond donors (Lipinski definition) is 0. The Morgan fingerprint density at radius 3 is 0.647 bits per heavy atom. The SMILES string of the molecule is O.O.O.O.[CH-]1CCCO1.[CH-]1CCCO1.[CH2+]C[CH2+].[CH2+]C[CH2+].[CH2+]C[CH2+].[CH2+]C[CH2+].[CH3-].[CH3-].[CH3-].[CH3-].[CH3-].[CH3-].[Co+2].[Co]. The zero-order valence-electron chi connectivity index (χ0n) is 23.4. The van der Waals surface area contributed by atoms with Gasteiger partial charge >= 0.3 is 16.8 Å². The summed E-state index contributed by atoms with van der Waals surface area (Å²) >= 11 is 0. The Hall–Kier alpha value is -0.267. The fourth-order valence-electron chi connectivity index (χ4n) is 0.833. The molecule has 34 heavy (non-hydrogen) atoms. The molecular formula is C26H64Co2O6+2. The van der Waals surface area contributed by atoms with Gasteiger partial charge in [0.25, 0.3) is 0 Å². The molecule has 0 amide bonds. The van der Waals surface area contributed by atoms with Crippen molar-refractivity contribution in [2.24, 2.45) is 0 Å². The Labute approximate surface area is 242 Å². The molecule has 0 aliphatic carbocycles. The van der Waals surface area contributed by atoms with Crippen molar-refractivity contribution in [3.63, 3.8) is 0 Å². The summed E-state index contributed by atoms with van der Waals surface area (Å²) in [7, 11) is 0. The smallest absolute Gasteiger partial charge is 0.552 e. The van der Waals surface area contributed by atoms with E-state index in [4.69, 9.17) is 9.47 Å². The van der Waals surface area contributed by atoms with Crippen molar-refractivity contribution in [1.29, 1.82) is 0 Å². The maximum Gasteiger partial charge on any atom is 2.00 e. The van der Waals surface area contributed by atoms with Crippen molar-refractivity contribution in [3.05, 3.63) is 113 Å². The maximum absolute atomic E-state index is 4.82. The second-order valence-corrected chi connectivity index (χ2v) is 3.77. The van der Waals surface area contributed by atoms with Crippen molar-refractivity contribution in [1.82, 2.24) is 0 Å². The van der Waals surface area contributed by atoms with E-state index in [1.54, 1.807) is 0 Å². The Morgan fingerprint density at radius 1 is 0.471 bits per heavy atom. The van der Waals surface area contributed by atoms with Gasteiger partial charge in [0, 0.05) is 30.0 Å². The second-order valence-electron chi connectivity index (χ2n) is 3.77. The molecule has 0 saturated carbocycles. The first kappa shape index (κ1) is 115. The predicted molar refractivity (Wildman–Crippen MR) is 153 cm³/mol. The molecule has 2 rings (SSSR count). The molecule has 0 spiro atoms. The van der Waals surface area contributed by atoms with E-state index in [0.717, 1.165) is 51.7 Å². The molecule has 8 heteroatoms. The summed E-state index contributed by atoms with van der Waals surface area (Å²) in [5, 5.41) is 0. The monoisotopic (exact) mass is 590 g/mol. The zero-order valence-corrected chi connectivity index (χ0v) is 25.4. The Kier molecular flexibility index (Phi) is 591. The number of rotatable bonds is 0. The summed E-state index contributed by atoms with van der Waals surface area (Å²) in [4.78, 5) is 0. The molecule has 2 radical (unpaired) electrons. The van der Waals surface area contributed by atoms with Gasteiger partial charge in [0.1, 0.15) is 55.4 Å². The Balaban J connectivity index is -0.00000000775. The first-order chi connectivity index (χ1) is 10.7. The van der Waals surface area contributed by atoms with E-state index in [0.29, 0.717) is 0 Å². The van der Waals surface area contributed by atoms with Crippen LogP contribution in [0.2, 0.25) is 0 Å². The molecule has 2 heterocycles. The van der Waals surface area contributed by atoms with Crippen LogP contribution in [-0.2, 0) is 43.0 Å². The minimum atomic E-state index is 0. The van der Waals surface area contributed by atoms with E-state index in [-0.39, 0.29) is 100 Å². The van der Waals surface area contributed by atoms with Gasteiger partial charge in [-0.2, -0.15) is 12.8 Å². The van der Waals surface area contributed by atoms with Crippen molar-refractivity contribution in [2.75, 3.05) is 13.2 Å².